The van der Waals surface area contributed by atoms with Crippen LogP contribution in [0.15, 0.2) is 182 Å². The molecule has 0 unspecified atom stereocenters. The summed E-state index contributed by atoms with van der Waals surface area (Å²) in [4.78, 5) is 10.3. The Hall–Kier alpha value is -6.82. The molecular weight excluding hydrogens is 665 g/mol. The predicted octanol–water partition coefficient (Wildman–Crippen LogP) is 12.9. The number of hydrogen-bond donors (Lipinski definition) is 0. The lowest BCUT2D eigenvalue weighted by molar-refractivity contribution is 1.12. The van der Waals surface area contributed by atoms with Crippen molar-refractivity contribution in [2.45, 2.75) is 0 Å². The molecule has 0 aliphatic rings. The van der Waals surface area contributed by atoms with Gasteiger partial charge in [0.05, 0.1) is 27.9 Å². The van der Waals surface area contributed by atoms with Crippen molar-refractivity contribution in [3.8, 4) is 45.3 Å². The Morgan fingerprint density at radius 1 is 0.396 bits per heavy atom. The first kappa shape index (κ1) is 29.9. The second-order valence-electron chi connectivity index (χ2n) is 13.5. The van der Waals surface area contributed by atoms with Crippen LogP contribution in [0.1, 0.15) is 0 Å². The Morgan fingerprint density at radius 3 is 1.77 bits per heavy atom. The number of rotatable bonds is 5. The molecule has 0 bridgehead atoms. The van der Waals surface area contributed by atoms with Gasteiger partial charge >= 0.3 is 0 Å². The minimum atomic E-state index is 0.694. The average Bonchev–Trinajstić information content (AvgIpc) is 3.91. The highest BCUT2D eigenvalue weighted by Crippen LogP contribution is 2.42. The van der Waals surface area contributed by atoms with Crippen molar-refractivity contribution in [2.24, 2.45) is 0 Å². The SMILES string of the molecule is c1ccc(-c2cc(-c3ccccc3)nc(-c3cccc(-n4c5cc6c(cc5c5cc7ccn(-c8ccccc8)c7cc54)sc4ccccc46)c3)n2)cc1. The van der Waals surface area contributed by atoms with Crippen LogP contribution in [0.2, 0.25) is 0 Å². The summed E-state index contributed by atoms with van der Waals surface area (Å²) >= 11 is 1.86. The summed E-state index contributed by atoms with van der Waals surface area (Å²) < 4.78 is 7.32. The van der Waals surface area contributed by atoms with Crippen LogP contribution in [0, 0.1) is 0 Å². The molecule has 4 aromatic heterocycles. The third-order valence-corrected chi connectivity index (χ3v) is 11.5. The first-order chi connectivity index (χ1) is 26.2. The lowest BCUT2D eigenvalue weighted by atomic mass is 10.1. The molecule has 11 rings (SSSR count). The van der Waals surface area contributed by atoms with E-state index in [9.17, 15) is 0 Å². The smallest absolute Gasteiger partial charge is 0.160 e. The molecular formula is C48H30N4S. The van der Waals surface area contributed by atoms with Gasteiger partial charge in [-0.15, -0.1) is 11.3 Å². The van der Waals surface area contributed by atoms with E-state index in [-0.39, 0.29) is 0 Å². The maximum absolute atomic E-state index is 5.17. The van der Waals surface area contributed by atoms with Crippen molar-refractivity contribution in [3.05, 3.63) is 182 Å². The molecule has 248 valence electrons. The van der Waals surface area contributed by atoms with E-state index in [4.69, 9.17) is 9.97 Å². The standard InChI is InChI=1S/C48H30N4S/c1-4-13-31(14-5-1)41-29-42(32-15-6-2-7-16-32)50-48(49-41)34-17-12-20-36(25-34)52-44-27-40-37-21-10-11-22-46(37)53-47(40)28-39(44)38-26-33-23-24-51(43(33)30-45(38)52)35-18-8-3-9-19-35/h1-30H. The fraction of sp³-hybridized carbons (Fsp3) is 0. The van der Waals surface area contributed by atoms with Crippen LogP contribution in [0.3, 0.4) is 0 Å². The van der Waals surface area contributed by atoms with Crippen molar-refractivity contribution in [1.82, 2.24) is 19.1 Å². The molecule has 0 saturated heterocycles. The quantitative estimate of drug-likeness (QED) is 0.180. The van der Waals surface area contributed by atoms with Crippen LogP contribution in [0.5, 0.6) is 0 Å². The molecule has 5 heteroatoms. The summed E-state index contributed by atoms with van der Waals surface area (Å²) in [5.74, 6) is 0.694. The second-order valence-corrected chi connectivity index (χ2v) is 14.6. The summed E-state index contributed by atoms with van der Waals surface area (Å²) in [6.07, 6.45) is 2.18. The van der Waals surface area contributed by atoms with Crippen molar-refractivity contribution in [1.29, 1.82) is 0 Å². The monoisotopic (exact) mass is 694 g/mol. The number of nitrogens with zero attached hydrogens (tertiary/aromatic N) is 4. The van der Waals surface area contributed by atoms with Gasteiger partial charge in [0.1, 0.15) is 0 Å². The van der Waals surface area contributed by atoms with Gasteiger partial charge in [-0.05, 0) is 66.7 Å². The van der Waals surface area contributed by atoms with Crippen LogP contribution in [0.4, 0.5) is 0 Å². The number of fused-ring (bicyclic) bond motifs is 7. The van der Waals surface area contributed by atoms with E-state index < -0.39 is 0 Å². The van der Waals surface area contributed by atoms with Gasteiger partial charge < -0.3 is 9.13 Å². The van der Waals surface area contributed by atoms with Gasteiger partial charge in [0.2, 0.25) is 0 Å². The second kappa shape index (κ2) is 11.9. The zero-order valence-electron chi connectivity index (χ0n) is 28.5. The van der Waals surface area contributed by atoms with E-state index in [0.717, 1.165) is 45.0 Å². The lowest BCUT2D eigenvalue weighted by Crippen LogP contribution is -1.98. The molecule has 0 N–H and O–H groups in total. The zero-order valence-corrected chi connectivity index (χ0v) is 29.3. The average molecular weight is 695 g/mol. The molecule has 0 spiro atoms. The Balaban J connectivity index is 1.18. The summed E-state index contributed by atoms with van der Waals surface area (Å²) in [7, 11) is 0. The Morgan fingerprint density at radius 2 is 1.02 bits per heavy atom. The lowest BCUT2D eigenvalue weighted by Gasteiger charge is -2.12. The molecule has 0 amide bonds. The molecule has 0 saturated carbocycles. The minimum Gasteiger partial charge on any atom is -0.316 e. The van der Waals surface area contributed by atoms with E-state index in [2.05, 4.69) is 179 Å². The van der Waals surface area contributed by atoms with E-state index in [0.29, 0.717) is 5.82 Å². The third kappa shape index (κ3) is 4.90. The van der Waals surface area contributed by atoms with Crippen molar-refractivity contribution in [2.75, 3.05) is 0 Å². The maximum atomic E-state index is 5.17. The molecule has 7 aromatic carbocycles. The Labute approximate surface area is 309 Å². The van der Waals surface area contributed by atoms with Crippen LogP contribution in [-0.4, -0.2) is 19.1 Å². The van der Waals surface area contributed by atoms with E-state index in [1.165, 1.54) is 47.4 Å². The summed E-state index contributed by atoms with van der Waals surface area (Å²) in [5, 5.41) is 6.26. The predicted molar refractivity (Wildman–Crippen MR) is 222 cm³/mol. The number of aromatic nitrogens is 4. The Kier molecular flexibility index (Phi) is 6.69. The van der Waals surface area contributed by atoms with Gasteiger partial charge in [0.25, 0.3) is 0 Å². The molecule has 0 aliphatic heterocycles. The number of hydrogen-bond acceptors (Lipinski definition) is 3. The first-order valence-corrected chi connectivity index (χ1v) is 18.6. The molecule has 0 radical (unpaired) electrons. The van der Waals surface area contributed by atoms with Gasteiger partial charge in [0, 0.05) is 70.6 Å². The highest BCUT2D eigenvalue weighted by atomic mass is 32.1. The molecule has 4 nitrogen and oxygen atoms in total. The fourth-order valence-corrected chi connectivity index (χ4v) is 8.96. The van der Waals surface area contributed by atoms with Gasteiger partial charge in [-0.25, -0.2) is 9.97 Å². The highest BCUT2D eigenvalue weighted by molar-refractivity contribution is 7.25. The van der Waals surface area contributed by atoms with Crippen LogP contribution in [0.25, 0.3) is 98.2 Å². The zero-order chi connectivity index (χ0) is 34.9. The summed E-state index contributed by atoms with van der Waals surface area (Å²) in [6.45, 7) is 0. The van der Waals surface area contributed by atoms with E-state index in [1.807, 2.05) is 23.5 Å². The van der Waals surface area contributed by atoms with Gasteiger partial charge in [0.15, 0.2) is 5.82 Å². The van der Waals surface area contributed by atoms with Gasteiger partial charge in [-0.2, -0.15) is 0 Å². The third-order valence-electron chi connectivity index (χ3n) is 10.3. The van der Waals surface area contributed by atoms with E-state index >= 15 is 0 Å². The van der Waals surface area contributed by atoms with Crippen molar-refractivity contribution < 1.29 is 0 Å². The fourth-order valence-electron chi connectivity index (χ4n) is 7.83. The van der Waals surface area contributed by atoms with Gasteiger partial charge in [-0.1, -0.05) is 109 Å². The number of thiophene rings is 1. The Bertz CT molecular complexity index is 3100. The summed E-state index contributed by atoms with van der Waals surface area (Å²) in [6, 6.07) is 62.6. The van der Waals surface area contributed by atoms with Crippen molar-refractivity contribution >= 4 is 64.2 Å². The highest BCUT2D eigenvalue weighted by Gasteiger charge is 2.19. The number of para-hydroxylation sites is 1. The minimum absolute atomic E-state index is 0.694. The van der Waals surface area contributed by atoms with E-state index in [1.54, 1.807) is 0 Å². The largest absolute Gasteiger partial charge is 0.316 e. The topological polar surface area (TPSA) is 35.6 Å². The molecule has 0 fully saturated rings. The van der Waals surface area contributed by atoms with Crippen molar-refractivity contribution in [3.63, 3.8) is 0 Å². The van der Waals surface area contributed by atoms with Gasteiger partial charge in [-0.3, -0.25) is 0 Å². The molecule has 0 atom stereocenters. The summed E-state index contributed by atoms with van der Waals surface area (Å²) in [5.41, 5.74) is 10.6. The maximum Gasteiger partial charge on any atom is 0.160 e. The molecule has 0 aliphatic carbocycles. The molecule has 11 aromatic rings. The first-order valence-electron chi connectivity index (χ1n) is 17.8. The van der Waals surface area contributed by atoms with Crippen LogP contribution in [-0.2, 0) is 0 Å². The number of benzene rings is 7. The molecule has 4 heterocycles. The normalized spacial score (nSPS) is 11.8. The molecule has 53 heavy (non-hydrogen) atoms. The van der Waals surface area contributed by atoms with Crippen LogP contribution >= 0.6 is 11.3 Å². The van der Waals surface area contributed by atoms with Crippen LogP contribution < -0.4 is 0 Å².